The summed E-state index contributed by atoms with van der Waals surface area (Å²) in [6, 6.07) is 12.0. The van der Waals surface area contributed by atoms with Crippen molar-refractivity contribution in [2.24, 2.45) is 0 Å². The van der Waals surface area contributed by atoms with Crippen LogP contribution in [0.3, 0.4) is 0 Å². The van der Waals surface area contributed by atoms with Gasteiger partial charge in [-0.1, -0.05) is 23.7 Å². The molecule has 0 fully saturated rings. The molecule has 0 spiro atoms. The molecule has 0 amide bonds. The highest BCUT2D eigenvalue weighted by Gasteiger charge is 2.06. The molecule has 0 aliphatic carbocycles. The molecule has 1 aromatic heterocycles. The van der Waals surface area contributed by atoms with E-state index >= 15 is 0 Å². The van der Waals surface area contributed by atoms with Gasteiger partial charge in [0.1, 0.15) is 5.82 Å². The van der Waals surface area contributed by atoms with Crippen LogP contribution in [0.25, 0.3) is 0 Å². The lowest BCUT2D eigenvalue weighted by Crippen LogP contribution is -2.07. The second-order valence-electron chi connectivity index (χ2n) is 4.10. The standard InChI is InChI=1S/C14H16ClN3/c1-10(11-4-3-5-12(15)8-11)18-13-6-7-17-14(9-13)16-2/h3-10H,1-2H3,(H2,16,17,18). The van der Waals surface area contributed by atoms with E-state index in [1.54, 1.807) is 6.20 Å². The topological polar surface area (TPSA) is 37.0 Å². The van der Waals surface area contributed by atoms with Crippen LogP contribution < -0.4 is 10.6 Å². The second-order valence-corrected chi connectivity index (χ2v) is 4.54. The predicted molar refractivity (Wildman–Crippen MR) is 77.3 cm³/mol. The van der Waals surface area contributed by atoms with E-state index in [0.717, 1.165) is 22.1 Å². The van der Waals surface area contributed by atoms with Crippen LogP contribution in [0.5, 0.6) is 0 Å². The van der Waals surface area contributed by atoms with Gasteiger partial charge in [-0.05, 0) is 30.7 Å². The molecule has 0 saturated carbocycles. The SMILES string of the molecule is CNc1cc(NC(C)c2cccc(Cl)c2)ccn1. The Morgan fingerprint density at radius 3 is 2.78 bits per heavy atom. The lowest BCUT2D eigenvalue weighted by atomic mass is 10.1. The number of halogens is 1. The number of benzene rings is 1. The molecule has 1 unspecified atom stereocenters. The summed E-state index contributed by atoms with van der Waals surface area (Å²) in [5.41, 5.74) is 2.19. The summed E-state index contributed by atoms with van der Waals surface area (Å²) in [5, 5.41) is 7.19. The molecule has 4 heteroatoms. The van der Waals surface area contributed by atoms with E-state index < -0.39 is 0 Å². The van der Waals surface area contributed by atoms with Gasteiger partial charge in [0.15, 0.2) is 0 Å². The van der Waals surface area contributed by atoms with Crippen LogP contribution in [0.15, 0.2) is 42.6 Å². The largest absolute Gasteiger partial charge is 0.378 e. The van der Waals surface area contributed by atoms with Gasteiger partial charge < -0.3 is 10.6 Å². The number of nitrogens with one attached hydrogen (secondary N) is 2. The van der Waals surface area contributed by atoms with Crippen molar-refractivity contribution in [1.29, 1.82) is 0 Å². The Morgan fingerprint density at radius 1 is 1.22 bits per heavy atom. The third-order valence-corrected chi connectivity index (χ3v) is 2.98. The van der Waals surface area contributed by atoms with Crippen molar-refractivity contribution in [1.82, 2.24) is 4.98 Å². The molecule has 0 radical (unpaired) electrons. The van der Waals surface area contributed by atoms with Crippen LogP contribution in [0.2, 0.25) is 5.02 Å². The fourth-order valence-corrected chi connectivity index (χ4v) is 1.97. The molecular formula is C14H16ClN3. The Kier molecular flexibility index (Phi) is 4.05. The molecule has 0 aliphatic heterocycles. The van der Waals surface area contributed by atoms with Crippen LogP contribution in [0.1, 0.15) is 18.5 Å². The Morgan fingerprint density at radius 2 is 2.06 bits per heavy atom. The van der Waals surface area contributed by atoms with Crippen molar-refractivity contribution in [2.45, 2.75) is 13.0 Å². The minimum atomic E-state index is 0.191. The van der Waals surface area contributed by atoms with Gasteiger partial charge in [0.05, 0.1) is 0 Å². The fraction of sp³-hybridized carbons (Fsp3) is 0.214. The first kappa shape index (κ1) is 12.7. The molecule has 0 saturated heterocycles. The molecule has 1 aromatic carbocycles. The monoisotopic (exact) mass is 261 g/mol. The highest BCUT2D eigenvalue weighted by atomic mass is 35.5. The van der Waals surface area contributed by atoms with E-state index in [1.807, 2.05) is 37.4 Å². The van der Waals surface area contributed by atoms with Gasteiger partial charge in [-0.2, -0.15) is 0 Å². The maximum atomic E-state index is 5.99. The summed E-state index contributed by atoms with van der Waals surface area (Å²) in [4.78, 5) is 4.18. The van der Waals surface area contributed by atoms with Crippen molar-refractivity contribution in [3.05, 3.63) is 53.2 Å². The van der Waals surface area contributed by atoms with E-state index in [9.17, 15) is 0 Å². The zero-order chi connectivity index (χ0) is 13.0. The lowest BCUT2D eigenvalue weighted by Gasteiger charge is -2.16. The normalized spacial score (nSPS) is 11.9. The first-order chi connectivity index (χ1) is 8.69. The summed E-state index contributed by atoms with van der Waals surface area (Å²) in [6.07, 6.45) is 1.78. The van der Waals surface area contributed by atoms with E-state index in [4.69, 9.17) is 11.6 Å². The second kappa shape index (κ2) is 5.74. The zero-order valence-corrected chi connectivity index (χ0v) is 11.2. The molecular weight excluding hydrogens is 246 g/mol. The Balaban J connectivity index is 2.13. The van der Waals surface area contributed by atoms with Crippen LogP contribution in [0, 0.1) is 0 Å². The third kappa shape index (κ3) is 3.14. The quantitative estimate of drug-likeness (QED) is 0.875. The van der Waals surface area contributed by atoms with Gasteiger partial charge in [-0.15, -0.1) is 0 Å². The maximum Gasteiger partial charge on any atom is 0.127 e. The molecule has 2 N–H and O–H groups in total. The molecule has 2 rings (SSSR count). The van der Waals surface area contributed by atoms with Gasteiger partial charge in [0.25, 0.3) is 0 Å². The lowest BCUT2D eigenvalue weighted by molar-refractivity contribution is 0.884. The van der Waals surface area contributed by atoms with Crippen molar-refractivity contribution in [2.75, 3.05) is 17.7 Å². The van der Waals surface area contributed by atoms with Gasteiger partial charge in [0, 0.05) is 36.1 Å². The Labute approximate surface area is 112 Å². The van der Waals surface area contributed by atoms with Gasteiger partial charge >= 0.3 is 0 Å². The Bertz CT molecular complexity index is 528. The third-order valence-electron chi connectivity index (χ3n) is 2.75. The highest BCUT2D eigenvalue weighted by molar-refractivity contribution is 6.30. The number of anilines is 2. The van der Waals surface area contributed by atoms with Crippen molar-refractivity contribution in [3.63, 3.8) is 0 Å². The number of hydrogen-bond donors (Lipinski definition) is 2. The first-order valence-electron chi connectivity index (χ1n) is 5.85. The minimum absolute atomic E-state index is 0.191. The van der Waals surface area contributed by atoms with Crippen LogP contribution in [-0.2, 0) is 0 Å². The van der Waals surface area contributed by atoms with Crippen molar-refractivity contribution in [3.8, 4) is 0 Å². The number of hydrogen-bond acceptors (Lipinski definition) is 3. The van der Waals surface area contributed by atoms with Gasteiger partial charge in [0.2, 0.25) is 0 Å². The number of aromatic nitrogens is 1. The molecule has 18 heavy (non-hydrogen) atoms. The summed E-state index contributed by atoms with van der Waals surface area (Å²) in [7, 11) is 1.85. The Hall–Kier alpha value is -1.74. The number of pyridine rings is 1. The van der Waals surface area contributed by atoms with Crippen molar-refractivity contribution < 1.29 is 0 Å². The van der Waals surface area contributed by atoms with Gasteiger partial charge in [-0.25, -0.2) is 4.98 Å². The number of nitrogens with zero attached hydrogens (tertiary/aromatic N) is 1. The van der Waals surface area contributed by atoms with E-state index in [1.165, 1.54) is 0 Å². The molecule has 1 heterocycles. The molecule has 0 aliphatic rings. The number of rotatable bonds is 4. The highest BCUT2D eigenvalue weighted by Crippen LogP contribution is 2.22. The minimum Gasteiger partial charge on any atom is -0.378 e. The maximum absolute atomic E-state index is 5.99. The average molecular weight is 262 g/mol. The smallest absolute Gasteiger partial charge is 0.127 e. The van der Waals surface area contributed by atoms with Crippen LogP contribution >= 0.6 is 11.6 Å². The van der Waals surface area contributed by atoms with E-state index in [-0.39, 0.29) is 6.04 Å². The summed E-state index contributed by atoms with van der Waals surface area (Å²) < 4.78 is 0. The summed E-state index contributed by atoms with van der Waals surface area (Å²) in [5.74, 6) is 0.846. The van der Waals surface area contributed by atoms with E-state index in [2.05, 4.69) is 28.6 Å². The molecule has 1 atom stereocenters. The average Bonchev–Trinajstić information content (AvgIpc) is 2.39. The first-order valence-corrected chi connectivity index (χ1v) is 6.22. The molecule has 2 aromatic rings. The molecule has 3 nitrogen and oxygen atoms in total. The molecule has 94 valence electrons. The van der Waals surface area contributed by atoms with Crippen LogP contribution in [0.4, 0.5) is 11.5 Å². The summed E-state index contributed by atoms with van der Waals surface area (Å²) in [6.45, 7) is 2.10. The van der Waals surface area contributed by atoms with E-state index in [0.29, 0.717) is 0 Å². The molecule has 0 bridgehead atoms. The van der Waals surface area contributed by atoms with Crippen molar-refractivity contribution >= 4 is 23.1 Å². The fourth-order valence-electron chi connectivity index (χ4n) is 1.77. The van der Waals surface area contributed by atoms with Gasteiger partial charge in [-0.3, -0.25) is 0 Å². The predicted octanol–water partition coefficient (Wildman–Crippen LogP) is 3.95. The zero-order valence-electron chi connectivity index (χ0n) is 10.4. The van der Waals surface area contributed by atoms with Crippen LogP contribution in [-0.4, -0.2) is 12.0 Å². The summed E-state index contributed by atoms with van der Waals surface area (Å²) >= 11 is 5.99.